The minimum Gasteiger partial charge on any atom is -0.486 e. The summed E-state index contributed by atoms with van der Waals surface area (Å²) >= 11 is 5.89. The molecule has 0 saturated carbocycles. The molecule has 0 aliphatic carbocycles. The van der Waals surface area contributed by atoms with E-state index in [0.717, 1.165) is 12.8 Å². The second-order valence-electron chi connectivity index (χ2n) is 7.33. The largest absolute Gasteiger partial charge is 0.486 e. The highest BCUT2D eigenvalue weighted by Crippen LogP contribution is 2.33. The molecule has 2 aliphatic heterocycles. The van der Waals surface area contributed by atoms with Crippen molar-refractivity contribution in [2.75, 3.05) is 25.1 Å². The summed E-state index contributed by atoms with van der Waals surface area (Å²) in [5.74, 6) is 0.991. The first-order chi connectivity index (χ1) is 14.4. The summed E-state index contributed by atoms with van der Waals surface area (Å²) in [4.78, 5) is 12.9. The molecule has 0 aromatic heterocycles. The van der Waals surface area contributed by atoms with Crippen molar-refractivity contribution < 1.29 is 22.7 Å². The molecule has 0 radical (unpaired) electrons. The number of nitrogens with one attached hydrogen (secondary N) is 1. The van der Waals surface area contributed by atoms with E-state index in [1.807, 2.05) is 0 Å². The average Bonchev–Trinajstić information content (AvgIpc) is 2.74. The molecular weight excluding hydrogens is 428 g/mol. The molecule has 2 aromatic rings. The Bertz CT molecular complexity index is 1030. The van der Waals surface area contributed by atoms with Gasteiger partial charge >= 0.3 is 0 Å². The number of fused-ring (bicyclic) bond motifs is 1. The molecule has 2 heterocycles. The molecule has 0 spiro atoms. The van der Waals surface area contributed by atoms with Crippen LogP contribution in [0.15, 0.2) is 47.4 Å². The first kappa shape index (κ1) is 21.0. The lowest BCUT2D eigenvalue weighted by atomic mass is 10.0. The van der Waals surface area contributed by atoms with Crippen LogP contribution in [0.3, 0.4) is 0 Å². The molecule has 1 fully saturated rings. The number of ether oxygens (including phenoxy) is 2. The summed E-state index contributed by atoms with van der Waals surface area (Å²) in [5, 5.41) is 3.32. The van der Waals surface area contributed by atoms with Crippen LogP contribution < -0.4 is 14.8 Å². The number of piperidine rings is 1. The van der Waals surface area contributed by atoms with Gasteiger partial charge in [-0.3, -0.25) is 4.79 Å². The third kappa shape index (κ3) is 4.55. The van der Waals surface area contributed by atoms with Gasteiger partial charge in [0, 0.05) is 35.8 Å². The van der Waals surface area contributed by atoms with E-state index in [1.54, 1.807) is 30.3 Å². The molecular formula is C21H23ClN2O5S. The molecule has 160 valence electrons. The first-order valence-electron chi connectivity index (χ1n) is 9.90. The van der Waals surface area contributed by atoms with Crippen LogP contribution in [0.1, 0.15) is 25.7 Å². The van der Waals surface area contributed by atoms with E-state index in [4.69, 9.17) is 21.1 Å². The van der Waals surface area contributed by atoms with E-state index in [0.29, 0.717) is 48.4 Å². The molecule has 2 aromatic carbocycles. The Morgan fingerprint density at radius 1 is 1.07 bits per heavy atom. The van der Waals surface area contributed by atoms with Crippen molar-refractivity contribution in [3.05, 3.63) is 47.5 Å². The minimum atomic E-state index is -3.70. The Morgan fingerprint density at radius 2 is 1.80 bits per heavy atom. The molecule has 1 atom stereocenters. The van der Waals surface area contributed by atoms with Crippen molar-refractivity contribution >= 4 is 33.2 Å². The fraction of sp³-hybridized carbons (Fsp3) is 0.381. The van der Waals surface area contributed by atoms with E-state index in [2.05, 4.69) is 5.32 Å². The number of sulfonamides is 1. The van der Waals surface area contributed by atoms with Gasteiger partial charge in [0.25, 0.3) is 0 Å². The van der Waals surface area contributed by atoms with Crippen LogP contribution in [0.2, 0.25) is 5.02 Å². The quantitative estimate of drug-likeness (QED) is 0.751. The highest BCUT2D eigenvalue weighted by atomic mass is 35.5. The van der Waals surface area contributed by atoms with Gasteiger partial charge in [0.15, 0.2) is 11.5 Å². The van der Waals surface area contributed by atoms with Gasteiger partial charge in [-0.2, -0.15) is 4.31 Å². The Balaban J connectivity index is 1.46. The maximum atomic E-state index is 13.1. The van der Waals surface area contributed by atoms with Crippen LogP contribution in [-0.4, -0.2) is 44.4 Å². The van der Waals surface area contributed by atoms with Crippen molar-refractivity contribution in [1.82, 2.24) is 4.31 Å². The number of rotatable bonds is 5. The Hall–Kier alpha value is -2.29. The van der Waals surface area contributed by atoms with Gasteiger partial charge in [0.1, 0.15) is 13.2 Å². The SMILES string of the molecule is O=C(C[C@@H]1CCCCN1S(=O)(=O)c1ccc(Cl)cc1)Nc1ccc2c(c1)OCCO2. The smallest absolute Gasteiger partial charge is 0.243 e. The number of benzene rings is 2. The summed E-state index contributed by atoms with van der Waals surface area (Å²) in [7, 11) is -3.70. The third-order valence-corrected chi connectivity index (χ3v) is 7.46. The maximum Gasteiger partial charge on any atom is 0.243 e. The lowest BCUT2D eigenvalue weighted by Crippen LogP contribution is -2.45. The number of anilines is 1. The molecule has 0 bridgehead atoms. The third-order valence-electron chi connectivity index (χ3n) is 5.24. The van der Waals surface area contributed by atoms with Gasteiger partial charge in [-0.1, -0.05) is 18.0 Å². The van der Waals surface area contributed by atoms with Crippen LogP contribution in [0.5, 0.6) is 11.5 Å². The molecule has 7 nitrogen and oxygen atoms in total. The second-order valence-corrected chi connectivity index (χ2v) is 9.66. The molecule has 1 saturated heterocycles. The standard InChI is InChI=1S/C21H23ClN2O5S/c22-15-4-7-18(8-5-15)30(26,27)24-10-2-1-3-17(24)14-21(25)23-16-6-9-19-20(13-16)29-12-11-28-19/h4-9,13,17H,1-3,10-12,14H2,(H,23,25)/t17-/m0/s1. The zero-order valence-electron chi connectivity index (χ0n) is 16.3. The molecule has 1 N–H and O–H groups in total. The van der Waals surface area contributed by atoms with Crippen LogP contribution >= 0.6 is 11.6 Å². The molecule has 0 unspecified atom stereocenters. The highest BCUT2D eigenvalue weighted by Gasteiger charge is 2.34. The number of halogens is 1. The second kappa shape index (κ2) is 8.83. The molecule has 1 amide bonds. The Kier molecular flexibility index (Phi) is 6.17. The van der Waals surface area contributed by atoms with Crippen LogP contribution in [0.4, 0.5) is 5.69 Å². The van der Waals surface area contributed by atoms with Gasteiger partial charge < -0.3 is 14.8 Å². The molecule has 9 heteroatoms. The normalized spacial score (nSPS) is 19.3. The number of amides is 1. The predicted molar refractivity (Wildman–Crippen MR) is 114 cm³/mol. The molecule has 4 rings (SSSR count). The summed E-state index contributed by atoms with van der Waals surface area (Å²) in [5.41, 5.74) is 0.590. The van der Waals surface area contributed by atoms with Crippen LogP contribution in [-0.2, 0) is 14.8 Å². The highest BCUT2D eigenvalue weighted by molar-refractivity contribution is 7.89. The van der Waals surface area contributed by atoms with Crippen molar-refractivity contribution in [1.29, 1.82) is 0 Å². The van der Waals surface area contributed by atoms with Crippen molar-refractivity contribution in [2.24, 2.45) is 0 Å². The Labute approximate surface area is 181 Å². The lowest BCUT2D eigenvalue weighted by Gasteiger charge is -2.34. The van der Waals surface area contributed by atoms with Gasteiger partial charge in [-0.05, 0) is 49.2 Å². The fourth-order valence-corrected chi connectivity index (χ4v) is 5.60. The van der Waals surface area contributed by atoms with Crippen molar-refractivity contribution in [2.45, 2.75) is 36.6 Å². The van der Waals surface area contributed by atoms with E-state index in [-0.39, 0.29) is 17.2 Å². The topological polar surface area (TPSA) is 84.9 Å². The van der Waals surface area contributed by atoms with Gasteiger partial charge in [0.05, 0.1) is 4.90 Å². The average molecular weight is 451 g/mol. The van der Waals surface area contributed by atoms with Gasteiger partial charge in [0.2, 0.25) is 15.9 Å². The Morgan fingerprint density at radius 3 is 2.57 bits per heavy atom. The zero-order chi connectivity index (χ0) is 21.1. The van der Waals surface area contributed by atoms with Crippen LogP contribution in [0.25, 0.3) is 0 Å². The number of hydrogen-bond donors (Lipinski definition) is 1. The van der Waals surface area contributed by atoms with Gasteiger partial charge in [-0.15, -0.1) is 0 Å². The summed E-state index contributed by atoms with van der Waals surface area (Å²) < 4.78 is 38.7. The van der Waals surface area contributed by atoms with E-state index < -0.39 is 16.1 Å². The van der Waals surface area contributed by atoms with E-state index >= 15 is 0 Å². The van der Waals surface area contributed by atoms with Crippen molar-refractivity contribution in [3.63, 3.8) is 0 Å². The minimum absolute atomic E-state index is 0.0846. The number of hydrogen-bond acceptors (Lipinski definition) is 5. The number of carbonyl (C=O) groups excluding carboxylic acids is 1. The lowest BCUT2D eigenvalue weighted by molar-refractivity contribution is -0.117. The zero-order valence-corrected chi connectivity index (χ0v) is 17.9. The predicted octanol–water partition coefficient (Wildman–Crippen LogP) is 3.68. The first-order valence-corrected chi connectivity index (χ1v) is 11.7. The number of nitrogens with zero attached hydrogens (tertiary/aromatic N) is 1. The van der Waals surface area contributed by atoms with E-state index in [1.165, 1.54) is 16.4 Å². The fourth-order valence-electron chi connectivity index (χ4n) is 3.78. The van der Waals surface area contributed by atoms with E-state index in [9.17, 15) is 13.2 Å². The monoisotopic (exact) mass is 450 g/mol. The number of carbonyl (C=O) groups is 1. The van der Waals surface area contributed by atoms with Crippen molar-refractivity contribution in [3.8, 4) is 11.5 Å². The van der Waals surface area contributed by atoms with Gasteiger partial charge in [-0.25, -0.2) is 8.42 Å². The molecule has 2 aliphatic rings. The molecule has 30 heavy (non-hydrogen) atoms. The summed E-state index contributed by atoms with van der Waals surface area (Å²) in [6.07, 6.45) is 2.38. The summed E-state index contributed by atoms with van der Waals surface area (Å²) in [6, 6.07) is 10.9. The van der Waals surface area contributed by atoms with Crippen LogP contribution in [0, 0.1) is 0 Å². The maximum absolute atomic E-state index is 13.1. The summed E-state index contributed by atoms with van der Waals surface area (Å²) in [6.45, 7) is 1.36.